The lowest BCUT2D eigenvalue weighted by molar-refractivity contribution is 0.549. The van der Waals surface area contributed by atoms with E-state index in [1.165, 1.54) is 0 Å². The van der Waals surface area contributed by atoms with Gasteiger partial charge in [-0.1, -0.05) is 36.9 Å². The van der Waals surface area contributed by atoms with Crippen molar-refractivity contribution in [2.24, 2.45) is 5.41 Å². The van der Waals surface area contributed by atoms with Crippen molar-refractivity contribution < 1.29 is 0 Å². The summed E-state index contributed by atoms with van der Waals surface area (Å²) >= 11 is 0. The van der Waals surface area contributed by atoms with Crippen molar-refractivity contribution in [3.63, 3.8) is 0 Å². The molecule has 0 amide bonds. The molecular formula is C14H15N3. The van der Waals surface area contributed by atoms with Crippen LogP contribution in [0.1, 0.15) is 18.9 Å². The molecule has 0 saturated heterocycles. The Morgan fingerprint density at radius 2 is 1.88 bits per heavy atom. The fourth-order valence-corrected chi connectivity index (χ4v) is 1.42. The molecule has 0 fully saturated rings. The predicted molar refractivity (Wildman–Crippen MR) is 66.4 cm³/mol. The monoisotopic (exact) mass is 225 g/mol. The van der Waals surface area contributed by atoms with E-state index >= 15 is 0 Å². The highest BCUT2D eigenvalue weighted by Gasteiger charge is 2.24. The molecule has 3 nitrogen and oxygen atoms in total. The highest BCUT2D eigenvalue weighted by molar-refractivity contribution is 5.18. The third-order valence-corrected chi connectivity index (χ3v) is 2.45. The van der Waals surface area contributed by atoms with E-state index in [1.807, 2.05) is 42.5 Å². The number of rotatable bonds is 5. The van der Waals surface area contributed by atoms with Crippen LogP contribution >= 0.6 is 0 Å². The largest absolute Gasteiger partial charge is 0.385 e. The number of nitriles is 2. The molecule has 1 aromatic carbocycles. The first-order valence-electron chi connectivity index (χ1n) is 5.38. The second kappa shape index (κ2) is 5.72. The second-order valence-corrected chi connectivity index (χ2v) is 4.18. The molecule has 0 atom stereocenters. The molecule has 86 valence electrons. The zero-order chi connectivity index (χ0) is 12.7. The average Bonchev–Trinajstić information content (AvgIpc) is 2.37. The molecule has 0 radical (unpaired) electrons. The van der Waals surface area contributed by atoms with Crippen molar-refractivity contribution in [1.29, 1.82) is 10.5 Å². The van der Waals surface area contributed by atoms with E-state index in [9.17, 15) is 0 Å². The van der Waals surface area contributed by atoms with Crippen LogP contribution < -0.4 is 5.32 Å². The van der Waals surface area contributed by atoms with Crippen molar-refractivity contribution in [1.82, 2.24) is 5.32 Å². The minimum absolute atomic E-state index is 0.340. The molecule has 1 rings (SSSR count). The van der Waals surface area contributed by atoms with Gasteiger partial charge in [0.15, 0.2) is 0 Å². The van der Waals surface area contributed by atoms with Crippen LogP contribution in [0.3, 0.4) is 0 Å². The van der Waals surface area contributed by atoms with Gasteiger partial charge in [-0.15, -0.1) is 0 Å². The van der Waals surface area contributed by atoms with E-state index in [0.29, 0.717) is 18.7 Å². The number of nitrogens with one attached hydrogen (secondary N) is 1. The summed E-state index contributed by atoms with van der Waals surface area (Å²) in [6.07, 6.45) is 0.340. The van der Waals surface area contributed by atoms with Gasteiger partial charge in [-0.25, -0.2) is 0 Å². The van der Waals surface area contributed by atoms with Crippen molar-refractivity contribution in [3.05, 3.63) is 48.2 Å². The van der Waals surface area contributed by atoms with Gasteiger partial charge in [0.1, 0.15) is 5.41 Å². The summed E-state index contributed by atoms with van der Waals surface area (Å²) in [6.45, 7) is 6.11. The van der Waals surface area contributed by atoms with E-state index in [0.717, 1.165) is 5.56 Å². The Hall–Kier alpha value is -2.26. The van der Waals surface area contributed by atoms with Crippen LogP contribution in [0.25, 0.3) is 0 Å². The number of allylic oxidation sites excluding steroid dienone is 1. The quantitative estimate of drug-likeness (QED) is 0.838. The highest BCUT2D eigenvalue weighted by Crippen LogP contribution is 2.22. The first-order valence-corrected chi connectivity index (χ1v) is 5.38. The van der Waals surface area contributed by atoms with Crippen molar-refractivity contribution in [2.75, 3.05) is 0 Å². The summed E-state index contributed by atoms with van der Waals surface area (Å²) in [7, 11) is 0. The van der Waals surface area contributed by atoms with Gasteiger partial charge in [-0.2, -0.15) is 10.5 Å². The Balaban J connectivity index is 2.48. The van der Waals surface area contributed by atoms with Crippen LogP contribution in [-0.2, 0) is 6.54 Å². The molecule has 0 aromatic heterocycles. The lowest BCUT2D eigenvalue weighted by Gasteiger charge is -2.15. The van der Waals surface area contributed by atoms with Gasteiger partial charge in [-0.3, -0.25) is 0 Å². The Labute approximate surface area is 102 Å². The fraction of sp³-hybridized carbons (Fsp3) is 0.286. The smallest absolute Gasteiger partial charge is 0.146 e. The number of hydrogen-bond acceptors (Lipinski definition) is 3. The molecular weight excluding hydrogens is 210 g/mol. The number of hydrogen-bond donors (Lipinski definition) is 1. The van der Waals surface area contributed by atoms with Crippen LogP contribution in [0.2, 0.25) is 0 Å². The number of nitrogens with zero attached hydrogens (tertiary/aromatic N) is 2. The lowest BCUT2D eigenvalue weighted by Crippen LogP contribution is -2.19. The van der Waals surface area contributed by atoms with E-state index in [2.05, 4.69) is 11.9 Å². The summed E-state index contributed by atoms with van der Waals surface area (Å²) < 4.78 is 0. The molecule has 0 unspecified atom stereocenters. The SMILES string of the molecule is C=C(CC(C)(C#N)C#N)NCc1ccccc1. The van der Waals surface area contributed by atoms with Gasteiger partial charge >= 0.3 is 0 Å². The van der Waals surface area contributed by atoms with E-state index in [1.54, 1.807) is 6.92 Å². The molecule has 1 N–H and O–H groups in total. The highest BCUT2D eigenvalue weighted by atomic mass is 14.9. The van der Waals surface area contributed by atoms with Crippen molar-refractivity contribution >= 4 is 0 Å². The summed E-state index contributed by atoms with van der Waals surface area (Å²) in [5.41, 5.74) is 0.851. The maximum absolute atomic E-state index is 8.88. The standard InChI is InChI=1S/C14H15N3/c1-12(8-14(2,10-15)11-16)17-9-13-6-4-3-5-7-13/h3-7,17H,1,8-9H2,2H3. The van der Waals surface area contributed by atoms with E-state index in [-0.39, 0.29) is 0 Å². The maximum Gasteiger partial charge on any atom is 0.146 e. The van der Waals surface area contributed by atoms with Gasteiger partial charge in [0, 0.05) is 18.7 Å². The van der Waals surface area contributed by atoms with E-state index in [4.69, 9.17) is 10.5 Å². The zero-order valence-electron chi connectivity index (χ0n) is 9.90. The minimum Gasteiger partial charge on any atom is -0.385 e. The summed E-state index contributed by atoms with van der Waals surface area (Å²) in [6, 6.07) is 13.9. The fourth-order valence-electron chi connectivity index (χ4n) is 1.42. The molecule has 0 aliphatic rings. The first-order chi connectivity index (χ1) is 8.09. The van der Waals surface area contributed by atoms with Crippen LogP contribution in [0.4, 0.5) is 0 Å². The molecule has 0 heterocycles. The lowest BCUT2D eigenvalue weighted by atomic mass is 9.89. The van der Waals surface area contributed by atoms with Crippen LogP contribution in [0.15, 0.2) is 42.6 Å². The topological polar surface area (TPSA) is 59.6 Å². The summed E-state index contributed by atoms with van der Waals surface area (Å²) in [5, 5.41) is 20.9. The number of benzene rings is 1. The maximum atomic E-state index is 8.88. The summed E-state index contributed by atoms with van der Waals surface area (Å²) in [4.78, 5) is 0. The van der Waals surface area contributed by atoms with Gasteiger partial charge in [0.25, 0.3) is 0 Å². The summed E-state index contributed by atoms with van der Waals surface area (Å²) in [5.74, 6) is 0. The van der Waals surface area contributed by atoms with Gasteiger partial charge < -0.3 is 5.32 Å². The average molecular weight is 225 g/mol. The molecule has 0 saturated carbocycles. The third-order valence-electron chi connectivity index (χ3n) is 2.45. The van der Waals surface area contributed by atoms with Gasteiger partial charge in [0.2, 0.25) is 0 Å². The van der Waals surface area contributed by atoms with Gasteiger partial charge in [0.05, 0.1) is 12.1 Å². The molecule has 0 aliphatic carbocycles. The van der Waals surface area contributed by atoms with E-state index < -0.39 is 5.41 Å². The second-order valence-electron chi connectivity index (χ2n) is 4.18. The molecule has 0 spiro atoms. The van der Waals surface area contributed by atoms with Crippen LogP contribution in [-0.4, -0.2) is 0 Å². The predicted octanol–water partition coefficient (Wildman–Crippen LogP) is 2.73. The normalized spacial score (nSPS) is 10.1. The molecule has 3 heteroatoms. The minimum atomic E-state index is -0.999. The molecule has 17 heavy (non-hydrogen) atoms. The zero-order valence-corrected chi connectivity index (χ0v) is 9.90. The van der Waals surface area contributed by atoms with Gasteiger partial charge in [-0.05, 0) is 12.5 Å². The molecule has 0 aliphatic heterocycles. The van der Waals surface area contributed by atoms with Crippen LogP contribution in [0, 0.1) is 28.1 Å². The molecule has 0 bridgehead atoms. The van der Waals surface area contributed by atoms with Crippen LogP contribution in [0.5, 0.6) is 0 Å². The Morgan fingerprint density at radius 3 is 2.41 bits per heavy atom. The Kier molecular flexibility index (Phi) is 4.31. The van der Waals surface area contributed by atoms with Crippen molar-refractivity contribution in [3.8, 4) is 12.1 Å². The third kappa shape index (κ3) is 4.01. The Morgan fingerprint density at radius 1 is 1.29 bits per heavy atom. The molecule has 1 aromatic rings. The first kappa shape index (κ1) is 12.8. The van der Waals surface area contributed by atoms with Crippen molar-refractivity contribution in [2.45, 2.75) is 19.9 Å². The Bertz CT molecular complexity index is 448.